The van der Waals surface area contributed by atoms with Crippen molar-refractivity contribution in [1.82, 2.24) is 5.32 Å². The molecule has 0 saturated heterocycles. The third-order valence-corrected chi connectivity index (χ3v) is 8.62. The summed E-state index contributed by atoms with van der Waals surface area (Å²) in [6.45, 7) is 4.11. The van der Waals surface area contributed by atoms with Gasteiger partial charge in [0.25, 0.3) is 0 Å². The summed E-state index contributed by atoms with van der Waals surface area (Å²) in [6.07, 6.45) is 45.6. The van der Waals surface area contributed by atoms with E-state index in [0.717, 1.165) is 51.4 Å². The van der Waals surface area contributed by atoms with E-state index in [1.165, 1.54) is 109 Å². The van der Waals surface area contributed by atoms with Gasteiger partial charge in [-0.25, -0.2) is 0 Å². The predicted molar refractivity (Wildman–Crippen MR) is 199 cm³/mol. The van der Waals surface area contributed by atoms with Crippen LogP contribution in [-0.4, -0.2) is 46.1 Å². The van der Waals surface area contributed by atoms with Crippen molar-refractivity contribution in [3.05, 3.63) is 48.6 Å². The average molecular weight is 646 g/mol. The summed E-state index contributed by atoms with van der Waals surface area (Å²) in [4.78, 5) is 12.4. The Morgan fingerprint density at radius 1 is 0.522 bits per heavy atom. The van der Waals surface area contributed by atoms with Crippen molar-refractivity contribution in [2.75, 3.05) is 6.61 Å². The summed E-state index contributed by atoms with van der Waals surface area (Å²) >= 11 is 0. The molecule has 4 N–H and O–H groups in total. The van der Waals surface area contributed by atoms with Gasteiger partial charge >= 0.3 is 0 Å². The lowest BCUT2D eigenvalue weighted by Gasteiger charge is -2.21. The normalized spacial score (nSPS) is 14.3. The lowest BCUT2D eigenvalue weighted by molar-refractivity contribution is -0.131. The van der Waals surface area contributed by atoms with Crippen LogP contribution in [0.4, 0.5) is 0 Å². The molecular formula is C41H75NO4. The topological polar surface area (TPSA) is 89.8 Å². The number of hydrogen-bond acceptors (Lipinski definition) is 4. The van der Waals surface area contributed by atoms with Gasteiger partial charge in [-0.15, -0.1) is 0 Å². The molecule has 0 aromatic heterocycles. The van der Waals surface area contributed by atoms with Crippen molar-refractivity contribution < 1.29 is 20.1 Å². The third kappa shape index (κ3) is 30.9. The third-order valence-electron chi connectivity index (χ3n) is 8.62. The van der Waals surface area contributed by atoms with Gasteiger partial charge in [0.1, 0.15) is 6.10 Å². The molecule has 0 heterocycles. The molecule has 0 radical (unpaired) electrons. The predicted octanol–water partition coefficient (Wildman–Crippen LogP) is 10.6. The highest BCUT2D eigenvalue weighted by Crippen LogP contribution is 2.13. The number of allylic oxidation sites excluding steroid dienone is 7. The minimum absolute atomic E-state index is 0.385. The van der Waals surface area contributed by atoms with Crippen LogP contribution in [0, 0.1) is 0 Å². The van der Waals surface area contributed by atoms with E-state index in [4.69, 9.17) is 0 Å². The average Bonchev–Trinajstić information content (AvgIpc) is 3.06. The molecule has 46 heavy (non-hydrogen) atoms. The zero-order valence-electron chi connectivity index (χ0n) is 30.2. The fourth-order valence-corrected chi connectivity index (χ4v) is 5.50. The lowest BCUT2D eigenvalue weighted by atomic mass is 10.0. The SMILES string of the molecule is CCCCC/C=C/CC/C=C/CC/C=C/C(O)C(CO)NC(=O)C(O)CCCCCCCC/C=C\CCCCCCCCCCC. The van der Waals surface area contributed by atoms with Crippen LogP contribution in [0.15, 0.2) is 48.6 Å². The van der Waals surface area contributed by atoms with Crippen molar-refractivity contribution in [2.45, 2.75) is 199 Å². The Kier molecular flexibility index (Phi) is 34.8. The van der Waals surface area contributed by atoms with E-state index in [1.54, 1.807) is 6.08 Å². The van der Waals surface area contributed by atoms with Gasteiger partial charge in [0, 0.05) is 0 Å². The number of amides is 1. The van der Waals surface area contributed by atoms with Crippen LogP contribution in [0.5, 0.6) is 0 Å². The molecule has 3 unspecified atom stereocenters. The van der Waals surface area contributed by atoms with Crippen molar-refractivity contribution in [3.63, 3.8) is 0 Å². The minimum atomic E-state index is -1.11. The van der Waals surface area contributed by atoms with E-state index in [9.17, 15) is 20.1 Å². The van der Waals surface area contributed by atoms with Gasteiger partial charge in [-0.2, -0.15) is 0 Å². The number of unbranched alkanes of at least 4 members (excludes halogenated alkanes) is 20. The highest BCUT2D eigenvalue weighted by Gasteiger charge is 2.22. The maximum atomic E-state index is 12.4. The highest BCUT2D eigenvalue weighted by molar-refractivity contribution is 5.80. The first-order chi connectivity index (χ1) is 22.6. The first-order valence-electron chi connectivity index (χ1n) is 19.5. The number of nitrogens with one attached hydrogen (secondary N) is 1. The van der Waals surface area contributed by atoms with Crippen molar-refractivity contribution in [2.24, 2.45) is 0 Å². The van der Waals surface area contributed by atoms with E-state index in [-0.39, 0.29) is 6.61 Å². The molecule has 0 aliphatic rings. The fraction of sp³-hybridized carbons (Fsp3) is 0.780. The Bertz CT molecular complexity index is 760. The van der Waals surface area contributed by atoms with Gasteiger partial charge in [0.05, 0.1) is 18.8 Å². The van der Waals surface area contributed by atoms with Crippen molar-refractivity contribution >= 4 is 5.91 Å². The molecular weight excluding hydrogens is 570 g/mol. The van der Waals surface area contributed by atoms with Crippen LogP contribution < -0.4 is 5.32 Å². The van der Waals surface area contributed by atoms with Crippen LogP contribution in [0.2, 0.25) is 0 Å². The van der Waals surface area contributed by atoms with E-state index < -0.39 is 24.2 Å². The Morgan fingerprint density at radius 2 is 0.891 bits per heavy atom. The summed E-state index contributed by atoms with van der Waals surface area (Å²) < 4.78 is 0. The Morgan fingerprint density at radius 3 is 1.37 bits per heavy atom. The van der Waals surface area contributed by atoms with Crippen LogP contribution in [0.3, 0.4) is 0 Å². The van der Waals surface area contributed by atoms with Crippen LogP contribution >= 0.6 is 0 Å². The molecule has 0 aromatic rings. The van der Waals surface area contributed by atoms with Gasteiger partial charge in [-0.1, -0.05) is 159 Å². The molecule has 0 aliphatic carbocycles. The molecule has 268 valence electrons. The number of aliphatic hydroxyl groups is 3. The monoisotopic (exact) mass is 646 g/mol. The molecule has 0 spiro atoms. The van der Waals surface area contributed by atoms with E-state index in [2.05, 4.69) is 55.6 Å². The van der Waals surface area contributed by atoms with Crippen molar-refractivity contribution in [1.29, 1.82) is 0 Å². The van der Waals surface area contributed by atoms with Gasteiger partial charge in [-0.3, -0.25) is 4.79 Å². The first-order valence-corrected chi connectivity index (χ1v) is 19.5. The Labute approximate surface area is 285 Å². The summed E-state index contributed by atoms with van der Waals surface area (Å²) in [5, 5.41) is 32.9. The zero-order valence-corrected chi connectivity index (χ0v) is 30.2. The summed E-state index contributed by atoms with van der Waals surface area (Å²) in [6, 6.07) is -0.822. The van der Waals surface area contributed by atoms with Crippen LogP contribution in [-0.2, 0) is 4.79 Å². The minimum Gasteiger partial charge on any atom is -0.394 e. The number of rotatable bonds is 34. The lowest BCUT2D eigenvalue weighted by Crippen LogP contribution is -2.48. The molecule has 1 amide bonds. The highest BCUT2D eigenvalue weighted by atomic mass is 16.3. The maximum absolute atomic E-state index is 12.4. The number of aliphatic hydroxyl groups excluding tert-OH is 3. The molecule has 3 atom stereocenters. The summed E-state index contributed by atoms with van der Waals surface area (Å²) in [5.74, 6) is -0.525. The number of carbonyl (C=O) groups excluding carboxylic acids is 1. The van der Waals surface area contributed by atoms with E-state index in [0.29, 0.717) is 6.42 Å². The number of carbonyl (C=O) groups is 1. The quantitative estimate of drug-likeness (QED) is 0.0414. The fourth-order valence-electron chi connectivity index (χ4n) is 5.50. The molecule has 0 fully saturated rings. The standard InChI is InChI=1S/C41H75NO4/c1-3-5-7-9-11-13-15-17-18-19-20-21-22-24-26-28-30-32-34-36-40(45)41(46)42-38(37-43)39(44)35-33-31-29-27-25-23-16-14-12-10-8-6-4-2/h12,14,20-21,25,27,33,35,38-40,43-45H,3-11,13,15-19,22-24,26,28-32,34,36-37H2,1-2H3,(H,42,46)/b14-12+,21-20-,27-25+,35-33+. The zero-order chi connectivity index (χ0) is 33.8. The van der Waals surface area contributed by atoms with Gasteiger partial charge < -0.3 is 20.6 Å². The largest absolute Gasteiger partial charge is 0.394 e. The number of hydrogen-bond donors (Lipinski definition) is 4. The summed E-state index contributed by atoms with van der Waals surface area (Å²) in [5.41, 5.74) is 0. The molecule has 0 aromatic carbocycles. The molecule has 0 rings (SSSR count). The smallest absolute Gasteiger partial charge is 0.249 e. The van der Waals surface area contributed by atoms with Gasteiger partial charge in [0.15, 0.2) is 0 Å². The van der Waals surface area contributed by atoms with E-state index >= 15 is 0 Å². The first kappa shape index (κ1) is 44.3. The van der Waals surface area contributed by atoms with Crippen LogP contribution in [0.25, 0.3) is 0 Å². The van der Waals surface area contributed by atoms with Gasteiger partial charge in [-0.05, 0) is 70.6 Å². The molecule has 5 nitrogen and oxygen atoms in total. The maximum Gasteiger partial charge on any atom is 0.249 e. The Balaban J connectivity index is 3.78. The Hall–Kier alpha value is -1.69. The van der Waals surface area contributed by atoms with Crippen LogP contribution in [0.1, 0.15) is 181 Å². The van der Waals surface area contributed by atoms with Crippen molar-refractivity contribution in [3.8, 4) is 0 Å². The molecule has 0 aliphatic heterocycles. The second-order valence-corrected chi connectivity index (χ2v) is 13.1. The second-order valence-electron chi connectivity index (χ2n) is 13.1. The second kappa shape index (κ2) is 36.2. The van der Waals surface area contributed by atoms with E-state index in [1.807, 2.05) is 6.08 Å². The summed E-state index contributed by atoms with van der Waals surface area (Å²) in [7, 11) is 0. The van der Waals surface area contributed by atoms with Gasteiger partial charge in [0.2, 0.25) is 5.91 Å². The molecule has 5 heteroatoms. The molecule has 0 bridgehead atoms. The molecule has 0 saturated carbocycles.